The number of carbonyl (C=O) groups is 4. The monoisotopic (exact) mass is 429 g/mol. The number of alkyl halides is 1. The number of Topliss-reactive ketones (excluding diaryl/α,β-unsaturated/α-hetero) is 1. The predicted octanol–water partition coefficient (Wildman–Crippen LogP) is 1.84. The summed E-state index contributed by atoms with van der Waals surface area (Å²) in [4.78, 5) is 50.7. The molecule has 0 aromatic carbocycles. The molecule has 2 atom stereocenters. The van der Waals surface area contributed by atoms with Crippen LogP contribution in [0.3, 0.4) is 0 Å². The third-order valence-electron chi connectivity index (χ3n) is 5.56. The Kier molecular flexibility index (Phi) is 8.31. The number of halogens is 1. The van der Waals surface area contributed by atoms with Crippen molar-refractivity contribution < 1.29 is 23.9 Å². The third kappa shape index (κ3) is 6.87. The van der Waals surface area contributed by atoms with E-state index in [4.69, 9.17) is 16.3 Å². The van der Waals surface area contributed by atoms with Gasteiger partial charge in [0.15, 0.2) is 5.78 Å². The smallest absolute Gasteiger partial charge is 0.408 e. The number of ether oxygens (including phenoxy) is 1. The number of hydrogen-bond donors (Lipinski definition) is 2. The molecule has 0 aromatic heterocycles. The molecule has 2 rings (SSSR count). The molecule has 0 radical (unpaired) electrons. The average molecular weight is 430 g/mol. The number of carbonyl (C=O) groups excluding carboxylic acids is 4. The topological polar surface area (TPSA) is 105 Å². The van der Waals surface area contributed by atoms with Crippen LogP contribution in [0.25, 0.3) is 0 Å². The van der Waals surface area contributed by atoms with E-state index in [1.165, 1.54) is 4.90 Å². The minimum absolute atomic E-state index is 0.126. The van der Waals surface area contributed by atoms with Crippen LogP contribution in [0.1, 0.15) is 52.9 Å². The lowest BCUT2D eigenvalue weighted by molar-refractivity contribution is -0.135. The molecule has 1 aliphatic carbocycles. The molecule has 0 aromatic rings. The van der Waals surface area contributed by atoms with Crippen molar-refractivity contribution in [3.63, 3.8) is 0 Å². The highest BCUT2D eigenvalue weighted by Crippen LogP contribution is 2.34. The van der Waals surface area contributed by atoms with Gasteiger partial charge in [-0.3, -0.25) is 14.4 Å². The molecule has 3 amide bonds. The van der Waals surface area contributed by atoms with E-state index in [-0.39, 0.29) is 42.5 Å². The zero-order valence-electron chi connectivity index (χ0n) is 17.5. The zero-order valence-corrected chi connectivity index (χ0v) is 18.2. The second kappa shape index (κ2) is 10.3. The van der Waals surface area contributed by atoms with Crippen molar-refractivity contribution in [1.82, 2.24) is 15.5 Å². The molecule has 1 aliphatic heterocycles. The lowest BCUT2D eigenvalue weighted by atomic mass is 9.82. The van der Waals surface area contributed by atoms with Crippen molar-refractivity contribution in [3.05, 3.63) is 0 Å². The van der Waals surface area contributed by atoms with Gasteiger partial charge in [0, 0.05) is 13.1 Å². The van der Waals surface area contributed by atoms with Crippen molar-refractivity contribution in [1.29, 1.82) is 0 Å². The van der Waals surface area contributed by atoms with Crippen LogP contribution >= 0.6 is 11.6 Å². The molecule has 1 saturated carbocycles. The van der Waals surface area contributed by atoms with E-state index in [2.05, 4.69) is 10.6 Å². The van der Waals surface area contributed by atoms with E-state index >= 15 is 0 Å². The Balaban J connectivity index is 2.01. The molecule has 1 saturated heterocycles. The van der Waals surface area contributed by atoms with Gasteiger partial charge in [-0.15, -0.1) is 11.6 Å². The van der Waals surface area contributed by atoms with Gasteiger partial charge in [-0.25, -0.2) is 4.79 Å². The molecular weight excluding hydrogens is 398 g/mol. The van der Waals surface area contributed by atoms with Gasteiger partial charge >= 0.3 is 6.09 Å². The number of ketones is 1. The molecule has 0 spiro atoms. The second-order valence-electron chi connectivity index (χ2n) is 8.67. The van der Waals surface area contributed by atoms with Crippen LogP contribution in [0, 0.1) is 11.8 Å². The van der Waals surface area contributed by atoms with Crippen LogP contribution in [-0.4, -0.2) is 65.7 Å². The van der Waals surface area contributed by atoms with Crippen molar-refractivity contribution in [2.75, 3.05) is 25.5 Å². The van der Waals surface area contributed by atoms with Gasteiger partial charge in [-0.05, 0) is 44.9 Å². The standard InChI is InChI=1S/C20H32ClN3O5/c1-13(2)9-15(23-19(28)29-20(3)6-4-7-20)16(25)12-24(17(26)10-21)11-14-5-8-22-18(14)27/h13-15H,4-12H2,1-3H3,(H,22,27)(H,23,28)/t14-,15-/m0/s1. The summed E-state index contributed by atoms with van der Waals surface area (Å²) in [5.74, 6) is -1.31. The second-order valence-corrected chi connectivity index (χ2v) is 8.94. The maximum atomic E-state index is 12.9. The van der Waals surface area contributed by atoms with Crippen LogP contribution < -0.4 is 10.6 Å². The molecule has 164 valence electrons. The van der Waals surface area contributed by atoms with Gasteiger partial charge in [0.2, 0.25) is 11.8 Å². The SMILES string of the molecule is CC(C)C[C@H](NC(=O)OC1(C)CCC1)C(=O)CN(C[C@@H]1CCNC1=O)C(=O)CCl. The molecular formula is C20H32ClN3O5. The highest BCUT2D eigenvalue weighted by Gasteiger charge is 2.37. The first-order chi connectivity index (χ1) is 13.6. The fourth-order valence-corrected chi connectivity index (χ4v) is 3.81. The minimum Gasteiger partial charge on any atom is -0.443 e. The van der Waals surface area contributed by atoms with Crippen molar-refractivity contribution in [3.8, 4) is 0 Å². The Morgan fingerprint density at radius 1 is 1.34 bits per heavy atom. The number of alkyl carbamates (subject to hydrolysis) is 1. The largest absolute Gasteiger partial charge is 0.443 e. The Hall–Kier alpha value is -1.83. The number of rotatable bonds is 10. The summed E-state index contributed by atoms with van der Waals surface area (Å²) in [6, 6.07) is -0.769. The first-order valence-corrected chi connectivity index (χ1v) is 10.8. The van der Waals surface area contributed by atoms with Gasteiger partial charge < -0.3 is 20.3 Å². The van der Waals surface area contributed by atoms with Gasteiger partial charge in [0.25, 0.3) is 0 Å². The van der Waals surface area contributed by atoms with Gasteiger partial charge in [-0.2, -0.15) is 0 Å². The van der Waals surface area contributed by atoms with Crippen LogP contribution in [0.4, 0.5) is 4.79 Å². The van der Waals surface area contributed by atoms with Crippen molar-refractivity contribution in [2.45, 2.75) is 64.5 Å². The Labute approximate surface area is 177 Å². The Morgan fingerprint density at radius 3 is 2.52 bits per heavy atom. The zero-order chi connectivity index (χ0) is 21.6. The first kappa shape index (κ1) is 23.4. The van der Waals surface area contributed by atoms with E-state index < -0.39 is 23.6 Å². The van der Waals surface area contributed by atoms with Gasteiger partial charge in [0.05, 0.1) is 18.5 Å². The number of amides is 3. The summed E-state index contributed by atoms with van der Waals surface area (Å²) < 4.78 is 5.47. The summed E-state index contributed by atoms with van der Waals surface area (Å²) in [6.07, 6.45) is 3.06. The predicted molar refractivity (Wildman–Crippen MR) is 109 cm³/mol. The Bertz CT molecular complexity index is 636. The van der Waals surface area contributed by atoms with Gasteiger partial charge in [-0.1, -0.05) is 13.8 Å². The van der Waals surface area contributed by atoms with E-state index in [9.17, 15) is 19.2 Å². The van der Waals surface area contributed by atoms with Crippen LogP contribution in [0.15, 0.2) is 0 Å². The fourth-order valence-electron chi connectivity index (χ4n) is 3.64. The quantitative estimate of drug-likeness (QED) is 0.515. The fraction of sp³-hybridized carbons (Fsp3) is 0.800. The maximum absolute atomic E-state index is 12.9. The molecule has 0 bridgehead atoms. The van der Waals surface area contributed by atoms with E-state index in [1.807, 2.05) is 20.8 Å². The van der Waals surface area contributed by atoms with Crippen molar-refractivity contribution >= 4 is 35.3 Å². The summed E-state index contributed by atoms with van der Waals surface area (Å²) in [7, 11) is 0. The molecule has 0 unspecified atom stereocenters. The minimum atomic E-state index is -0.769. The normalized spacial score (nSPS) is 21.1. The highest BCUT2D eigenvalue weighted by atomic mass is 35.5. The molecule has 9 heteroatoms. The number of nitrogens with one attached hydrogen (secondary N) is 2. The summed E-state index contributed by atoms with van der Waals surface area (Å²) >= 11 is 5.70. The highest BCUT2D eigenvalue weighted by molar-refractivity contribution is 6.27. The Morgan fingerprint density at radius 2 is 2.03 bits per heavy atom. The van der Waals surface area contributed by atoms with Crippen LogP contribution in [0.2, 0.25) is 0 Å². The lowest BCUT2D eigenvalue weighted by Gasteiger charge is -2.37. The molecule has 29 heavy (non-hydrogen) atoms. The lowest BCUT2D eigenvalue weighted by Crippen LogP contribution is -2.51. The van der Waals surface area contributed by atoms with E-state index in [1.54, 1.807) is 0 Å². The summed E-state index contributed by atoms with van der Waals surface area (Å²) in [5, 5.41) is 5.40. The molecule has 2 fully saturated rings. The first-order valence-electron chi connectivity index (χ1n) is 10.3. The molecule has 1 heterocycles. The van der Waals surface area contributed by atoms with Crippen LogP contribution in [-0.2, 0) is 19.1 Å². The van der Waals surface area contributed by atoms with Gasteiger partial charge in [0.1, 0.15) is 11.5 Å². The molecule has 8 nitrogen and oxygen atoms in total. The molecule has 2 N–H and O–H groups in total. The maximum Gasteiger partial charge on any atom is 0.408 e. The number of hydrogen-bond acceptors (Lipinski definition) is 5. The third-order valence-corrected chi connectivity index (χ3v) is 5.78. The van der Waals surface area contributed by atoms with Crippen LogP contribution in [0.5, 0.6) is 0 Å². The summed E-state index contributed by atoms with van der Waals surface area (Å²) in [6.45, 7) is 6.27. The average Bonchev–Trinajstić information content (AvgIpc) is 3.02. The number of nitrogens with zero attached hydrogens (tertiary/aromatic N) is 1. The van der Waals surface area contributed by atoms with Crippen molar-refractivity contribution in [2.24, 2.45) is 11.8 Å². The molecule has 2 aliphatic rings. The summed E-state index contributed by atoms with van der Waals surface area (Å²) in [5.41, 5.74) is -0.466. The van der Waals surface area contributed by atoms with E-state index in [0.29, 0.717) is 19.4 Å². The van der Waals surface area contributed by atoms with E-state index in [0.717, 1.165) is 19.3 Å².